The summed E-state index contributed by atoms with van der Waals surface area (Å²) in [5, 5.41) is 2.92. The highest BCUT2D eigenvalue weighted by Crippen LogP contribution is 2.31. The van der Waals surface area contributed by atoms with E-state index in [1.807, 2.05) is 32.0 Å². The number of amides is 1. The Balaban J connectivity index is 2.84. The number of hydrogen-bond acceptors (Lipinski definition) is 3. The van der Waals surface area contributed by atoms with Crippen molar-refractivity contribution in [3.05, 3.63) is 18.2 Å². The molecule has 0 aliphatic carbocycles. The molecule has 4 heteroatoms. The van der Waals surface area contributed by atoms with Crippen molar-refractivity contribution in [2.45, 2.75) is 47.0 Å². The Morgan fingerprint density at radius 3 is 2.29 bits per heavy atom. The van der Waals surface area contributed by atoms with Crippen molar-refractivity contribution in [3.8, 4) is 11.5 Å². The molecule has 1 aromatic rings. The third kappa shape index (κ3) is 5.66. The lowest BCUT2D eigenvalue weighted by atomic mass is 10.1. The molecule has 1 unspecified atom stereocenters. The Labute approximate surface area is 127 Å². The second-order valence-electron chi connectivity index (χ2n) is 5.16. The van der Waals surface area contributed by atoms with Crippen LogP contribution >= 0.6 is 0 Å². The topological polar surface area (TPSA) is 47.6 Å². The summed E-state index contributed by atoms with van der Waals surface area (Å²) in [6.45, 7) is 9.32. The maximum absolute atomic E-state index is 11.9. The first-order valence-electron chi connectivity index (χ1n) is 7.82. The third-order valence-electron chi connectivity index (χ3n) is 3.19. The molecule has 0 aliphatic heterocycles. The number of hydrogen-bond donors (Lipinski definition) is 1. The highest BCUT2D eigenvalue weighted by molar-refractivity contribution is 5.92. The second-order valence-corrected chi connectivity index (χ2v) is 5.16. The molecule has 1 N–H and O–H groups in total. The van der Waals surface area contributed by atoms with Gasteiger partial charge in [0.15, 0.2) is 11.5 Å². The minimum Gasteiger partial charge on any atom is -0.490 e. The van der Waals surface area contributed by atoms with Gasteiger partial charge in [-0.3, -0.25) is 4.79 Å². The van der Waals surface area contributed by atoms with Crippen LogP contribution in [-0.4, -0.2) is 19.1 Å². The highest BCUT2D eigenvalue weighted by Gasteiger charge is 2.12. The van der Waals surface area contributed by atoms with Crippen LogP contribution in [0.2, 0.25) is 0 Å². The van der Waals surface area contributed by atoms with Gasteiger partial charge >= 0.3 is 0 Å². The summed E-state index contributed by atoms with van der Waals surface area (Å²) in [6.07, 6.45) is 2.69. The fourth-order valence-electron chi connectivity index (χ4n) is 1.69. The van der Waals surface area contributed by atoms with Crippen molar-refractivity contribution in [1.82, 2.24) is 0 Å². The van der Waals surface area contributed by atoms with Crippen LogP contribution in [-0.2, 0) is 4.79 Å². The van der Waals surface area contributed by atoms with Crippen LogP contribution in [0.5, 0.6) is 11.5 Å². The van der Waals surface area contributed by atoms with Gasteiger partial charge in [-0.15, -0.1) is 0 Å². The number of carbonyl (C=O) groups is 1. The smallest absolute Gasteiger partial charge is 0.227 e. The Hall–Kier alpha value is -1.71. The molecule has 1 aromatic carbocycles. The molecular formula is C17H27NO3. The molecule has 1 amide bonds. The van der Waals surface area contributed by atoms with Crippen LogP contribution in [0.1, 0.15) is 47.0 Å². The first-order valence-corrected chi connectivity index (χ1v) is 7.82. The molecule has 1 atom stereocenters. The zero-order chi connectivity index (χ0) is 15.7. The van der Waals surface area contributed by atoms with Crippen molar-refractivity contribution in [1.29, 1.82) is 0 Å². The van der Waals surface area contributed by atoms with Crippen LogP contribution in [0.4, 0.5) is 5.69 Å². The van der Waals surface area contributed by atoms with E-state index in [0.717, 1.165) is 30.7 Å². The summed E-state index contributed by atoms with van der Waals surface area (Å²) in [7, 11) is 0. The molecule has 21 heavy (non-hydrogen) atoms. The maximum Gasteiger partial charge on any atom is 0.227 e. The van der Waals surface area contributed by atoms with E-state index in [-0.39, 0.29) is 11.8 Å². The normalized spacial score (nSPS) is 11.8. The van der Waals surface area contributed by atoms with Crippen LogP contribution < -0.4 is 14.8 Å². The SMILES string of the molecule is CCCOc1ccc(NC(=O)C(C)CC)cc1OCCC. The van der Waals surface area contributed by atoms with Crippen LogP contribution in [0.15, 0.2) is 18.2 Å². The summed E-state index contributed by atoms with van der Waals surface area (Å²) in [6, 6.07) is 5.54. The zero-order valence-corrected chi connectivity index (χ0v) is 13.6. The lowest BCUT2D eigenvalue weighted by Gasteiger charge is -2.15. The molecule has 0 spiro atoms. The largest absolute Gasteiger partial charge is 0.490 e. The number of ether oxygens (including phenoxy) is 2. The van der Waals surface area contributed by atoms with E-state index in [4.69, 9.17) is 9.47 Å². The Kier molecular flexibility index (Phi) is 7.65. The van der Waals surface area contributed by atoms with Gasteiger partial charge in [-0.25, -0.2) is 0 Å². The molecule has 0 saturated heterocycles. The first kappa shape index (κ1) is 17.3. The van der Waals surface area contributed by atoms with Crippen LogP contribution in [0.3, 0.4) is 0 Å². The van der Waals surface area contributed by atoms with E-state index < -0.39 is 0 Å². The Morgan fingerprint density at radius 2 is 1.71 bits per heavy atom. The molecule has 0 fully saturated rings. The average molecular weight is 293 g/mol. The number of rotatable bonds is 9. The van der Waals surface area contributed by atoms with Crippen molar-refractivity contribution < 1.29 is 14.3 Å². The lowest BCUT2D eigenvalue weighted by molar-refractivity contribution is -0.119. The summed E-state index contributed by atoms with van der Waals surface area (Å²) in [5.74, 6) is 1.45. The summed E-state index contributed by atoms with van der Waals surface area (Å²) < 4.78 is 11.4. The highest BCUT2D eigenvalue weighted by atomic mass is 16.5. The Bertz CT molecular complexity index is 446. The predicted molar refractivity (Wildman–Crippen MR) is 86.1 cm³/mol. The standard InChI is InChI=1S/C17H27NO3/c1-5-10-20-15-9-8-14(12-16(15)21-11-6-2)18-17(19)13(4)7-3/h8-9,12-13H,5-7,10-11H2,1-4H3,(H,18,19). The fraction of sp³-hybridized carbons (Fsp3) is 0.588. The van der Waals surface area contributed by atoms with Gasteiger partial charge < -0.3 is 14.8 Å². The summed E-state index contributed by atoms with van der Waals surface area (Å²) >= 11 is 0. The minimum atomic E-state index is 0.000952. The molecule has 0 aliphatic rings. The van der Waals surface area contributed by atoms with Gasteiger partial charge in [0.1, 0.15) is 0 Å². The zero-order valence-electron chi connectivity index (χ0n) is 13.6. The molecule has 4 nitrogen and oxygen atoms in total. The number of carbonyl (C=O) groups excluding carboxylic acids is 1. The predicted octanol–water partition coefficient (Wildman–Crippen LogP) is 4.25. The Morgan fingerprint density at radius 1 is 1.10 bits per heavy atom. The van der Waals surface area contributed by atoms with E-state index in [0.29, 0.717) is 19.0 Å². The summed E-state index contributed by atoms with van der Waals surface area (Å²) in [5.41, 5.74) is 0.746. The monoisotopic (exact) mass is 293 g/mol. The van der Waals surface area contributed by atoms with E-state index in [9.17, 15) is 4.79 Å². The summed E-state index contributed by atoms with van der Waals surface area (Å²) in [4.78, 5) is 11.9. The van der Waals surface area contributed by atoms with E-state index >= 15 is 0 Å². The lowest BCUT2D eigenvalue weighted by Crippen LogP contribution is -2.19. The van der Waals surface area contributed by atoms with Gasteiger partial charge in [0.2, 0.25) is 5.91 Å². The van der Waals surface area contributed by atoms with Crippen molar-refractivity contribution in [2.75, 3.05) is 18.5 Å². The van der Waals surface area contributed by atoms with Crippen molar-refractivity contribution in [3.63, 3.8) is 0 Å². The molecule has 0 bridgehead atoms. The van der Waals surface area contributed by atoms with Gasteiger partial charge in [0.25, 0.3) is 0 Å². The van der Waals surface area contributed by atoms with Crippen molar-refractivity contribution in [2.24, 2.45) is 5.92 Å². The minimum absolute atomic E-state index is 0.000952. The van der Waals surface area contributed by atoms with Crippen molar-refractivity contribution >= 4 is 11.6 Å². The third-order valence-corrected chi connectivity index (χ3v) is 3.19. The van der Waals surface area contributed by atoms with E-state index in [1.54, 1.807) is 0 Å². The van der Waals surface area contributed by atoms with Crippen LogP contribution in [0.25, 0.3) is 0 Å². The van der Waals surface area contributed by atoms with Crippen LogP contribution in [0, 0.1) is 5.92 Å². The number of nitrogens with one attached hydrogen (secondary N) is 1. The molecule has 0 heterocycles. The molecule has 118 valence electrons. The molecular weight excluding hydrogens is 266 g/mol. The number of benzene rings is 1. The molecule has 1 rings (SSSR count). The number of anilines is 1. The quantitative estimate of drug-likeness (QED) is 0.740. The van der Waals surface area contributed by atoms with Gasteiger partial charge in [-0.1, -0.05) is 27.7 Å². The fourth-order valence-corrected chi connectivity index (χ4v) is 1.69. The van der Waals surface area contributed by atoms with E-state index in [1.165, 1.54) is 0 Å². The average Bonchev–Trinajstić information content (AvgIpc) is 2.50. The van der Waals surface area contributed by atoms with Gasteiger partial charge in [0.05, 0.1) is 13.2 Å². The van der Waals surface area contributed by atoms with E-state index in [2.05, 4.69) is 19.2 Å². The first-order chi connectivity index (χ1) is 10.1. The molecule has 0 radical (unpaired) electrons. The molecule has 0 aromatic heterocycles. The van der Waals surface area contributed by atoms with Gasteiger partial charge in [0, 0.05) is 17.7 Å². The second kappa shape index (κ2) is 9.27. The molecule has 0 saturated carbocycles. The van der Waals surface area contributed by atoms with Gasteiger partial charge in [-0.2, -0.15) is 0 Å². The van der Waals surface area contributed by atoms with Gasteiger partial charge in [-0.05, 0) is 31.4 Å². The maximum atomic E-state index is 11.9.